The first-order valence-electron chi connectivity index (χ1n) is 11.3. The third-order valence-electron chi connectivity index (χ3n) is 6.12. The van der Waals surface area contributed by atoms with E-state index >= 15 is 0 Å². The number of fused-ring (bicyclic) bond motifs is 2. The highest BCUT2D eigenvalue weighted by Gasteiger charge is 2.38. The Kier molecular flexibility index (Phi) is 10.4. The number of carbonyl (C=O) groups is 4. The van der Waals surface area contributed by atoms with Gasteiger partial charge in [0.25, 0.3) is 0 Å². The molecule has 0 radical (unpaired) electrons. The molecule has 1 aliphatic heterocycles. The van der Waals surface area contributed by atoms with Crippen LogP contribution < -0.4 is 5.73 Å². The molecule has 0 amide bonds. The van der Waals surface area contributed by atoms with Crippen molar-refractivity contribution in [3.05, 3.63) is 59.8 Å². The summed E-state index contributed by atoms with van der Waals surface area (Å²) in [4.78, 5) is 44.2. The van der Waals surface area contributed by atoms with Crippen LogP contribution in [-0.2, 0) is 25.6 Å². The summed E-state index contributed by atoms with van der Waals surface area (Å²) >= 11 is 0. The fourth-order valence-corrected chi connectivity index (χ4v) is 4.78. The van der Waals surface area contributed by atoms with E-state index in [9.17, 15) is 19.2 Å². The number of nitrogens with one attached hydrogen (secondary N) is 1. The van der Waals surface area contributed by atoms with E-state index in [-0.39, 0.29) is 0 Å². The Bertz CT molecular complexity index is 1090. The van der Waals surface area contributed by atoms with Crippen LogP contribution in [0.4, 0.5) is 0 Å². The van der Waals surface area contributed by atoms with E-state index in [0.717, 1.165) is 18.9 Å². The smallest absolute Gasteiger partial charge is 0.328 e. The van der Waals surface area contributed by atoms with Gasteiger partial charge in [0.05, 0.1) is 0 Å². The number of hydrogen-bond donors (Lipinski definition) is 6. The van der Waals surface area contributed by atoms with Gasteiger partial charge in [0.2, 0.25) is 0 Å². The number of nitrogens with two attached hydrogens (primary N) is 1. The molecule has 1 aromatic carbocycles. The number of carboxylic acids is 4. The molecule has 0 bridgehead atoms. The summed E-state index contributed by atoms with van der Waals surface area (Å²) in [6.45, 7) is 2.02. The van der Waals surface area contributed by atoms with Crippen LogP contribution in [0.5, 0.6) is 0 Å². The normalized spacial score (nSPS) is 20.7. The number of rotatable bonds is 6. The molecule has 194 valence electrons. The molecule has 2 unspecified atom stereocenters. The van der Waals surface area contributed by atoms with E-state index < -0.39 is 23.9 Å². The van der Waals surface area contributed by atoms with E-state index in [4.69, 9.17) is 26.2 Å². The Labute approximate surface area is 207 Å². The average Bonchev–Trinajstić information content (AvgIpc) is 3.22. The zero-order valence-electron chi connectivity index (χ0n) is 19.8. The molecule has 2 aliphatic rings. The summed E-state index contributed by atoms with van der Waals surface area (Å²) in [5, 5.41) is 32.7. The number of carboxylic acid groups (broad SMARTS) is 4. The van der Waals surface area contributed by atoms with E-state index in [1.807, 2.05) is 0 Å². The van der Waals surface area contributed by atoms with Gasteiger partial charge in [0.1, 0.15) is 0 Å². The van der Waals surface area contributed by atoms with Crippen molar-refractivity contribution < 1.29 is 39.6 Å². The van der Waals surface area contributed by atoms with Crippen LogP contribution >= 0.6 is 0 Å². The third-order valence-corrected chi connectivity index (χ3v) is 6.12. The maximum Gasteiger partial charge on any atom is 0.328 e. The summed E-state index contributed by atoms with van der Waals surface area (Å²) < 4.78 is 0. The quantitative estimate of drug-likeness (QED) is 0.318. The number of nitrogens with zero attached hydrogens (tertiary/aromatic N) is 1. The van der Waals surface area contributed by atoms with Gasteiger partial charge in [-0.3, -0.25) is 0 Å². The lowest BCUT2D eigenvalue weighted by molar-refractivity contribution is -0.134. The largest absolute Gasteiger partial charge is 0.478 e. The molecule has 11 heteroatoms. The van der Waals surface area contributed by atoms with Gasteiger partial charge in [-0.2, -0.15) is 0 Å². The van der Waals surface area contributed by atoms with Gasteiger partial charge in [-0.15, -0.1) is 0 Å². The van der Waals surface area contributed by atoms with Crippen LogP contribution in [0.2, 0.25) is 0 Å². The van der Waals surface area contributed by atoms with Crippen LogP contribution in [0.25, 0.3) is 10.9 Å². The number of hydrogen-bond acceptors (Lipinski definition) is 6. The molecule has 1 aliphatic carbocycles. The number of piperidine rings is 1. The molecule has 4 rings (SSSR count). The standard InChI is InChI=1S/C17H23N3.2C4H4O4/c1-20-10-11(5-6-18)7-14-13-3-2-4-15-17(13)12(9-19-15)8-16(14)20;2*5-3(6)1-2-4(7)8/h2-4,9,11,14,16,19H,5-8,10,18H2,1H3;2*1-2H,(H,5,6)(H,7,8)/b;2*2-1-/t11?,14?,16-;;/m1../s1. The summed E-state index contributed by atoms with van der Waals surface area (Å²) in [5.41, 5.74) is 10.2. The maximum atomic E-state index is 9.55. The van der Waals surface area contributed by atoms with Crippen molar-refractivity contribution in [2.45, 2.75) is 31.2 Å². The molecule has 36 heavy (non-hydrogen) atoms. The molecule has 1 fully saturated rings. The first kappa shape index (κ1) is 28.3. The monoisotopic (exact) mass is 501 g/mol. The van der Waals surface area contributed by atoms with Crippen molar-refractivity contribution in [3.63, 3.8) is 0 Å². The number of likely N-dealkylation sites (N-methyl/N-ethyl adjacent to an activating group) is 1. The van der Waals surface area contributed by atoms with Crippen LogP contribution in [-0.4, -0.2) is 80.4 Å². The van der Waals surface area contributed by atoms with Crippen molar-refractivity contribution in [3.8, 4) is 0 Å². The number of aromatic nitrogens is 1. The van der Waals surface area contributed by atoms with E-state index in [2.05, 4.69) is 41.3 Å². The summed E-state index contributed by atoms with van der Waals surface area (Å²) in [6.07, 6.45) is 8.09. The molecule has 11 nitrogen and oxygen atoms in total. The van der Waals surface area contributed by atoms with Gasteiger partial charge in [-0.05, 0) is 56.0 Å². The number of aliphatic carboxylic acids is 4. The molecular weight excluding hydrogens is 470 g/mol. The van der Waals surface area contributed by atoms with E-state index in [1.165, 1.54) is 35.9 Å². The van der Waals surface area contributed by atoms with Gasteiger partial charge in [-0.1, -0.05) is 12.1 Å². The zero-order chi connectivity index (χ0) is 26.8. The lowest BCUT2D eigenvalue weighted by atomic mass is 9.72. The molecular formula is C25H31N3O8. The predicted octanol–water partition coefficient (Wildman–Crippen LogP) is 1.90. The van der Waals surface area contributed by atoms with Gasteiger partial charge in [0.15, 0.2) is 0 Å². The number of H-pyrrole nitrogens is 1. The van der Waals surface area contributed by atoms with Crippen LogP contribution in [0.15, 0.2) is 48.7 Å². The summed E-state index contributed by atoms with van der Waals surface area (Å²) in [6, 6.07) is 7.41. The number of aromatic amines is 1. The van der Waals surface area contributed by atoms with Crippen molar-refractivity contribution in [2.24, 2.45) is 11.7 Å². The topological polar surface area (TPSA) is 194 Å². The minimum atomic E-state index is -1.26. The predicted molar refractivity (Wildman–Crippen MR) is 132 cm³/mol. The van der Waals surface area contributed by atoms with Crippen LogP contribution in [0.1, 0.15) is 29.9 Å². The lowest BCUT2D eigenvalue weighted by Crippen LogP contribution is -2.48. The van der Waals surface area contributed by atoms with E-state index in [1.54, 1.807) is 5.56 Å². The first-order chi connectivity index (χ1) is 17.0. The van der Waals surface area contributed by atoms with Crippen molar-refractivity contribution >= 4 is 34.8 Å². The van der Waals surface area contributed by atoms with E-state index in [0.29, 0.717) is 36.3 Å². The fourth-order valence-electron chi connectivity index (χ4n) is 4.78. The molecule has 7 N–H and O–H groups in total. The van der Waals surface area contributed by atoms with Crippen LogP contribution in [0.3, 0.4) is 0 Å². The molecule has 3 atom stereocenters. The molecule has 0 saturated carbocycles. The Morgan fingerprint density at radius 2 is 1.56 bits per heavy atom. The number of likely N-dealkylation sites (tertiary alicyclic amines) is 1. The molecule has 2 heterocycles. The van der Waals surface area contributed by atoms with Crippen molar-refractivity contribution in [2.75, 3.05) is 20.1 Å². The second kappa shape index (κ2) is 13.2. The second-order valence-electron chi connectivity index (χ2n) is 8.60. The maximum absolute atomic E-state index is 9.55. The first-order valence-corrected chi connectivity index (χ1v) is 11.3. The molecule has 1 saturated heterocycles. The lowest BCUT2D eigenvalue weighted by Gasteiger charge is -2.45. The Balaban J connectivity index is 0.000000239. The van der Waals surface area contributed by atoms with Gasteiger partial charge >= 0.3 is 23.9 Å². The highest BCUT2D eigenvalue weighted by Crippen LogP contribution is 2.44. The average molecular weight is 502 g/mol. The molecule has 2 aromatic rings. The van der Waals surface area contributed by atoms with Crippen molar-refractivity contribution in [1.82, 2.24) is 9.88 Å². The highest BCUT2D eigenvalue weighted by atomic mass is 16.4. The molecule has 1 aromatic heterocycles. The minimum Gasteiger partial charge on any atom is -0.478 e. The Morgan fingerprint density at radius 1 is 1.00 bits per heavy atom. The van der Waals surface area contributed by atoms with Gasteiger partial charge in [-0.25, -0.2) is 19.2 Å². The third kappa shape index (κ3) is 8.07. The molecule has 0 spiro atoms. The van der Waals surface area contributed by atoms with Crippen molar-refractivity contribution in [1.29, 1.82) is 0 Å². The second-order valence-corrected chi connectivity index (χ2v) is 8.60. The highest BCUT2D eigenvalue weighted by molar-refractivity contribution is 5.90. The minimum absolute atomic E-state index is 0.558. The Morgan fingerprint density at radius 3 is 2.06 bits per heavy atom. The zero-order valence-corrected chi connectivity index (χ0v) is 19.8. The summed E-state index contributed by atoms with van der Waals surface area (Å²) in [7, 11) is 2.29. The number of benzene rings is 1. The van der Waals surface area contributed by atoms with Gasteiger partial charge in [0, 0.05) is 59.9 Å². The fraction of sp³-hybridized carbons (Fsp3) is 0.360. The summed E-state index contributed by atoms with van der Waals surface area (Å²) in [5.74, 6) is -3.60. The van der Waals surface area contributed by atoms with Gasteiger partial charge < -0.3 is 36.0 Å². The SMILES string of the molecule is CN1CC(CCN)CC2c3cccc4[nH]cc(c34)C[C@H]21.O=C(O)/C=C\C(=O)O.O=C(O)/C=C\C(=O)O. The van der Waals surface area contributed by atoms with Crippen LogP contribution in [0, 0.1) is 5.92 Å². The Hall–Kier alpha value is -3.96.